The van der Waals surface area contributed by atoms with E-state index in [0.717, 1.165) is 18.4 Å². The lowest BCUT2D eigenvalue weighted by Gasteiger charge is -2.32. The second kappa shape index (κ2) is 6.50. The number of rotatable bonds is 2. The summed E-state index contributed by atoms with van der Waals surface area (Å²) in [4.78, 5) is 14.9. The molecular formula is C18H26BNO4. The summed E-state index contributed by atoms with van der Waals surface area (Å²) in [5.74, 6) is 0.0193. The summed E-state index contributed by atoms with van der Waals surface area (Å²) in [7, 11) is -0.529. The van der Waals surface area contributed by atoms with Crippen LogP contribution in [0.4, 0.5) is 0 Å². The molecule has 0 unspecified atom stereocenters. The topological polar surface area (TPSA) is 48.0 Å². The Kier molecular flexibility index (Phi) is 4.73. The molecule has 0 radical (unpaired) electrons. The first-order valence-electron chi connectivity index (χ1n) is 8.63. The quantitative estimate of drug-likeness (QED) is 0.776. The first-order chi connectivity index (χ1) is 11.3. The lowest BCUT2D eigenvalue weighted by Crippen LogP contribution is -2.42. The number of carbonyl (C=O) groups is 1. The molecule has 1 aromatic rings. The molecule has 5 nitrogen and oxygen atoms in total. The van der Waals surface area contributed by atoms with Crippen molar-refractivity contribution in [2.45, 2.75) is 45.3 Å². The van der Waals surface area contributed by atoms with Gasteiger partial charge in [0.05, 0.1) is 17.8 Å². The van der Waals surface area contributed by atoms with Gasteiger partial charge in [-0.25, -0.2) is 0 Å². The van der Waals surface area contributed by atoms with Gasteiger partial charge in [0.15, 0.2) is 0 Å². The summed E-state index contributed by atoms with van der Waals surface area (Å²) in [6.07, 6.45) is 0.865. The van der Waals surface area contributed by atoms with Crippen LogP contribution >= 0.6 is 0 Å². The highest BCUT2D eigenvalue weighted by atomic mass is 16.7. The predicted molar refractivity (Wildman–Crippen MR) is 93.5 cm³/mol. The third-order valence-corrected chi connectivity index (χ3v) is 5.21. The normalized spacial score (nSPS) is 23.2. The highest BCUT2D eigenvalue weighted by molar-refractivity contribution is 6.63. The van der Waals surface area contributed by atoms with Crippen molar-refractivity contribution in [3.8, 4) is 0 Å². The first kappa shape index (κ1) is 17.5. The molecule has 0 bridgehead atoms. The van der Waals surface area contributed by atoms with Gasteiger partial charge in [0.2, 0.25) is 0 Å². The van der Waals surface area contributed by atoms with Crippen LogP contribution in [-0.4, -0.2) is 55.4 Å². The van der Waals surface area contributed by atoms with E-state index in [1.165, 1.54) is 0 Å². The molecule has 1 aromatic carbocycles. The van der Waals surface area contributed by atoms with Crippen molar-refractivity contribution in [1.29, 1.82) is 0 Å². The summed E-state index contributed by atoms with van der Waals surface area (Å²) in [6, 6.07) is 7.58. The second-order valence-electron chi connectivity index (χ2n) is 7.43. The second-order valence-corrected chi connectivity index (χ2v) is 7.43. The fourth-order valence-corrected chi connectivity index (χ4v) is 2.99. The summed E-state index contributed by atoms with van der Waals surface area (Å²) in [5.41, 5.74) is 0.596. The Morgan fingerprint density at radius 1 is 1.04 bits per heavy atom. The van der Waals surface area contributed by atoms with E-state index < -0.39 is 18.3 Å². The summed E-state index contributed by atoms with van der Waals surface area (Å²) in [6.45, 7) is 10.7. The van der Waals surface area contributed by atoms with E-state index in [4.69, 9.17) is 14.0 Å². The predicted octanol–water partition coefficient (Wildman–Crippen LogP) is 1.85. The molecular weight excluding hydrogens is 305 g/mol. The van der Waals surface area contributed by atoms with Crippen molar-refractivity contribution >= 4 is 18.5 Å². The molecule has 6 heteroatoms. The van der Waals surface area contributed by atoms with E-state index in [2.05, 4.69) is 0 Å². The minimum Gasteiger partial charge on any atom is -0.399 e. The number of hydrogen-bond acceptors (Lipinski definition) is 4. The van der Waals surface area contributed by atoms with Crippen LogP contribution in [0.1, 0.15) is 44.5 Å². The van der Waals surface area contributed by atoms with Gasteiger partial charge in [-0.1, -0.05) is 18.2 Å². The monoisotopic (exact) mass is 331 g/mol. The smallest absolute Gasteiger partial charge is 0.399 e. The molecule has 2 fully saturated rings. The lowest BCUT2D eigenvalue weighted by atomic mass is 9.75. The van der Waals surface area contributed by atoms with Crippen LogP contribution in [0.3, 0.4) is 0 Å². The van der Waals surface area contributed by atoms with E-state index in [1.807, 2.05) is 56.9 Å². The standard InChI is InChI=1S/C18H26BNO4/c1-17(2)18(3,4)24-19(23-17)15-9-6-5-8-14(15)16(21)20-10-7-12-22-13-11-20/h5-6,8-9H,7,10-13H2,1-4H3. The molecule has 2 aliphatic heterocycles. The zero-order valence-electron chi connectivity index (χ0n) is 15.0. The minimum atomic E-state index is -0.529. The van der Waals surface area contributed by atoms with Gasteiger partial charge in [-0.2, -0.15) is 0 Å². The van der Waals surface area contributed by atoms with E-state index in [9.17, 15) is 4.79 Å². The molecule has 130 valence electrons. The Morgan fingerprint density at radius 2 is 1.71 bits per heavy atom. The van der Waals surface area contributed by atoms with E-state index >= 15 is 0 Å². The Hall–Kier alpha value is -1.37. The Bertz CT molecular complexity index is 593. The van der Waals surface area contributed by atoms with Crippen molar-refractivity contribution in [2.24, 2.45) is 0 Å². The van der Waals surface area contributed by atoms with E-state index in [0.29, 0.717) is 25.3 Å². The van der Waals surface area contributed by atoms with Crippen LogP contribution in [0, 0.1) is 0 Å². The van der Waals surface area contributed by atoms with Gasteiger partial charge < -0.3 is 18.9 Å². The lowest BCUT2D eigenvalue weighted by molar-refractivity contribution is 0.00578. The molecule has 0 spiro atoms. The van der Waals surface area contributed by atoms with Gasteiger partial charge in [-0.3, -0.25) is 4.79 Å². The number of carbonyl (C=O) groups excluding carboxylic acids is 1. The van der Waals surface area contributed by atoms with E-state index in [1.54, 1.807) is 0 Å². The third-order valence-electron chi connectivity index (χ3n) is 5.21. The van der Waals surface area contributed by atoms with Crippen LogP contribution in [0.2, 0.25) is 0 Å². The number of amides is 1. The average molecular weight is 331 g/mol. The highest BCUT2D eigenvalue weighted by Crippen LogP contribution is 2.36. The fourth-order valence-electron chi connectivity index (χ4n) is 2.99. The molecule has 0 saturated carbocycles. The molecule has 1 amide bonds. The van der Waals surface area contributed by atoms with Gasteiger partial charge in [-0.05, 0) is 45.6 Å². The van der Waals surface area contributed by atoms with Gasteiger partial charge in [-0.15, -0.1) is 0 Å². The molecule has 2 saturated heterocycles. The van der Waals surface area contributed by atoms with Crippen molar-refractivity contribution in [3.63, 3.8) is 0 Å². The first-order valence-corrected chi connectivity index (χ1v) is 8.63. The van der Waals surface area contributed by atoms with E-state index in [-0.39, 0.29) is 5.91 Å². The van der Waals surface area contributed by atoms with Gasteiger partial charge >= 0.3 is 7.12 Å². The molecule has 3 rings (SSSR count). The minimum absolute atomic E-state index is 0.0193. The maximum atomic E-state index is 13.0. The zero-order valence-corrected chi connectivity index (χ0v) is 15.0. The number of ether oxygens (including phenoxy) is 1. The highest BCUT2D eigenvalue weighted by Gasteiger charge is 2.52. The van der Waals surface area contributed by atoms with Crippen molar-refractivity contribution < 1.29 is 18.8 Å². The zero-order chi connectivity index (χ0) is 17.4. The largest absolute Gasteiger partial charge is 0.495 e. The van der Waals surface area contributed by atoms with Crippen molar-refractivity contribution in [2.75, 3.05) is 26.3 Å². The average Bonchev–Trinajstić information content (AvgIpc) is 2.74. The van der Waals surface area contributed by atoms with Crippen LogP contribution in [-0.2, 0) is 14.0 Å². The molecule has 0 atom stereocenters. The molecule has 2 aliphatic rings. The van der Waals surface area contributed by atoms with Gasteiger partial charge in [0, 0.05) is 25.3 Å². The van der Waals surface area contributed by atoms with Crippen molar-refractivity contribution in [3.05, 3.63) is 29.8 Å². The molecule has 2 heterocycles. The summed E-state index contributed by atoms with van der Waals surface area (Å²) < 4.78 is 17.7. The Morgan fingerprint density at radius 3 is 2.42 bits per heavy atom. The number of nitrogens with zero attached hydrogens (tertiary/aromatic N) is 1. The summed E-state index contributed by atoms with van der Waals surface area (Å²) in [5, 5.41) is 0. The number of hydrogen-bond donors (Lipinski definition) is 0. The third kappa shape index (κ3) is 3.23. The maximum absolute atomic E-state index is 13.0. The van der Waals surface area contributed by atoms with Crippen LogP contribution in [0.5, 0.6) is 0 Å². The Balaban J connectivity index is 1.87. The molecule has 0 N–H and O–H groups in total. The van der Waals surface area contributed by atoms with Crippen LogP contribution in [0.25, 0.3) is 0 Å². The van der Waals surface area contributed by atoms with Gasteiger partial charge in [0.25, 0.3) is 5.91 Å². The van der Waals surface area contributed by atoms with Crippen LogP contribution < -0.4 is 5.46 Å². The fraction of sp³-hybridized carbons (Fsp3) is 0.611. The number of benzene rings is 1. The van der Waals surface area contributed by atoms with Crippen LogP contribution in [0.15, 0.2) is 24.3 Å². The van der Waals surface area contributed by atoms with Crippen molar-refractivity contribution in [1.82, 2.24) is 4.90 Å². The molecule has 0 aliphatic carbocycles. The summed E-state index contributed by atoms with van der Waals surface area (Å²) >= 11 is 0. The molecule has 0 aromatic heterocycles. The molecule has 24 heavy (non-hydrogen) atoms. The SMILES string of the molecule is CC1(C)OB(c2ccccc2C(=O)N2CCCOCC2)OC1(C)C. The maximum Gasteiger partial charge on any atom is 0.495 e. The van der Waals surface area contributed by atoms with Gasteiger partial charge in [0.1, 0.15) is 0 Å². The Labute approximate surface area is 144 Å².